The summed E-state index contributed by atoms with van der Waals surface area (Å²) in [4.78, 5) is 8.17. The van der Waals surface area contributed by atoms with Crippen LogP contribution in [0.15, 0.2) is 10.9 Å². The monoisotopic (exact) mass is 222 g/mol. The maximum Gasteiger partial charge on any atom is 0.239 e. The highest BCUT2D eigenvalue weighted by Gasteiger charge is 2.11. The van der Waals surface area contributed by atoms with Crippen molar-refractivity contribution in [2.24, 2.45) is 0 Å². The molecule has 0 aliphatic carbocycles. The smallest absolute Gasteiger partial charge is 0.239 e. The van der Waals surface area contributed by atoms with Crippen LogP contribution in [0.2, 0.25) is 0 Å². The summed E-state index contributed by atoms with van der Waals surface area (Å²) in [6, 6.07) is 0.431. The van der Waals surface area contributed by atoms with Crippen LogP contribution in [0.25, 0.3) is 11.6 Å². The molecule has 0 saturated carbocycles. The lowest BCUT2D eigenvalue weighted by Crippen LogP contribution is -2.21. The minimum absolute atomic E-state index is 0.431. The third-order valence-electron chi connectivity index (χ3n) is 2.38. The summed E-state index contributed by atoms with van der Waals surface area (Å²) < 4.78 is 5.11. The highest BCUT2D eigenvalue weighted by molar-refractivity contribution is 5.39. The molecule has 0 saturated heterocycles. The molecule has 2 aromatic heterocycles. The third kappa shape index (κ3) is 2.43. The van der Waals surface area contributed by atoms with Crippen LogP contribution in [-0.4, -0.2) is 38.4 Å². The van der Waals surface area contributed by atoms with Gasteiger partial charge in [-0.2, -0.15) is 10.1 Å². The Morgan fingerprint density at radius 2 is 2.44 bits per heavy atom. The molecule has 0 bridgehead atoms. The standard InChI is InChI=1S/C9H14N6O/c1-6(10-2)3-4-7-13-9(15-16-7)8-11-5-12-14-8/h5-6,10H,3-4H2,1-2H3,(H,11,12,14). The molecular formula is C9H14N6O. The van der Waals surface area contributed by atoms with E-state index in [0.717, 1.165) is 12.8 Å². The predicted molar refractivity (Wildman–Crippen MR) is 56.5 cm³/mol. The quantitative estimate of drug-likeness (QED) is 0.760. The normalized spacial score (nSPS) is 12.9. The molecule has 1 unspecified atom stereocenters. The molecule has 16 heavy (non-hydrogen) atoms. The lowest BCUT2D eigenvalue weighted by atomic mass is 10.2. The Morgan fingerprint density at radius 1 is 1.56 bits per heavy atom. The first kappa shape index (κ1) is 10.7. The fourth-order valence-electron chi connectivity index (χ4n) is 1.25. The Labute approximate surface area is 92.7 Å². The number of hydrogen-bond acceptors (Lipinski definition) is 6. The topological polar surface area (TPSA) is 92.5 Å². The van der Waals surface area contributed by atoms with Gasteiger partial charge in [0.15, 0.2) is 5.82 Å². The summed E-state index contributed by atoms with van der Waals surface area (Å²) in [5, 5.41) is 13.4. The van der Waals surface area contributed by atoms with E-state index in [1.165, 1.54) is 6.33 Å². The number of hydrogen-bond donors (Lipinski definition) is 2. The van der Waals surface area contributed by atoms with Gasteiger partial charge in [-0.15, -0.1) is 0 Å². The fraction of sp³-hybridized carbons (Fsp3) is 0.556. The van der Waals surface area contributed by atoms with Crippen molar-refractivity contribution in [1.82, 2.24) is 30.6 Å². The van der Waals surface area contributed by atoms with Gasteiger partial charge in [-0.25, -0.2) is 4.98 Å². The molecule has 1 atom stereocenters. The molecular weight excluding hydrogens is 208 g/mol. The van der Waals surface area contributed by atoms with E-state index in [1.807, 2.05) is 7.05 Å². The Balaban J connectivity index is 1.98. The van der Waals surface area contributed by atoms with Gasteiger partial charge >= 0.3 is 0 Å². The number of rotatable bonds is 5. The van der Waals surface area contributed by atoms with Crippen LogP contribution in [-0.2, 0) is 6.42 Å². The van der Waals surface area contributed by atoms with Gasteiger partial charge in [-0.05, 0) is 20.4 Å². The number of aromatic nitrogens is 5. The molecule has 7 heteroatoms. The predicted octanol–water partition coefficient (Wildman–Crippen LogP) is 0.395. The molecule has 0 radical (unpaired) electrons. The molecule has 2 heterocycles. The Hall–Kier alpha value is -1.76. The van der Waals surface area contributed by atoms with Gasteiger partial charge in [0.05, 0.1) is 0 Å². The summed E-state index contributed by atoms with van der Waals surface area (Å²) >= 11 is 0. The molecule has 0 aromatic carbocycles. The number of aromatic amines is 1. The van der Waals surface area contributed by atoms with Crippen LogP contribution in [0.5, 0.6) is 0 Å². The fourth-order valence-corrected chi connectivity index (χ4v) is 1.25. The van der Waals surface area contributed by atoms with Crippen molar-refractivity contribution < 1.29 is 4.52 Å². The second-order valence-corrected chi connectivity index (χ2v) is 3.57. The van der Waals surface area contributed by atoms with Gasteiger partial charge in [-0.1, -0.05) is 5.16 Å². The Kier molecular flexibility index (Phi) is 3.25. The number of H-pyrrole nitrogens is 1. The minimum Gasteiger partial charge on any atom is -0.339 e. The molecule has 0 aliphatic rings. The van der Waals surface area contributed by atoms with Crippen LogP contribution >= 0.6 is 0 Å². The number of nitrogens with one attached hydrogen (secondary N) is 2. The second-order valence-electron chi connectivity index (χ2n) is 3.57. The van der Waals surface area contributed by atoms with Crippen molar-refractivity contribution in [2.45, 2.75) is 25.8 Å². The first-order valence-corrected chi connectivity index (χ1v) is 5.15. The van der Waals surface area contributed by atoms with Crippen molar-refractivity contribution in [3.63, 3.8) is 0 Å². The van der Waals surface area contributed by atoms with Crippen LogP contribution in [0.3, 0.4) is 0 Å². The third-order valence-corrected chi connectivity index (χ3v) is 2.38. The number of nitrogens with zero attached hydrogens (tertiary/aromatic N) is 4. The van der Waals surface area contributed by atoms with Gasteiger partial charge in [0, 0.05) is 12.5 Å². The van der Waals surface area contributed by atoms with E-state index in [0.29, 0.717) is 23.6 Å². The summed E-state index contributed by atoms with van der Waals surface area (Å²) in [6.07, 6.45) is 3.12. The lowest BCUT2D eigenvalue weighted by molar-refractivity contribution is 0.369. The first-order chi connectivity index (χ1) is 7.79. The molecule has 2 N–H and O–H groups in total. The van der Waals surface area contributed by atoms with Crippen molar-refractivity contribution in [2.75, 3.05) is 7.05 Å². The highest BCUT2D eigenvalue weighted by Crippen LogP contribution is 2.10. The largest absolute Gasteiger partial charge is 0.339 e. The van der Waals surface area contributed by atoms with Gasteiger partial charge in [0.1, 0.15) is 6.33 Å². The maximum absolute atomic E-state index is 5.11. The van der Waals surface area contributed by atoms with E-state index in [9.17, 15) is 0 Å². The zero-order chi connectivity index (χ0) is 11.4. The molecule has 2 rings (SSSR count). The van der Waals surface area contributed by atoms with E-state index in [1.54, 1.807) is 0 Å². The minimum atomic E-state index is 0.431. The molecule has 0 spiro atoms. The zero-order valence-electron chi connectivity index (χ0n) is 9.27. The van der Waals surface area contributed by atoms with E-state index >= 15 is 0 Å². The van der Waals surface area contributed by atoms with Gasteiger partial charge < -0.3 is 9.84 Å². The summed E-state index contributed by atoms with van der Waals surface area (Å²) in [5.74, 6) is 1.59. The van der Waals surface area contributed by atoms with E-state index < -0.39 is 0 Å². The van der Waals surface area contributed by atoms with Crippen LogP contribution in [0, 0.1) is 0 Å². The summed E-state index contributed by atoms with van der Waals surface area (Å²) in [6.45, 7) is 2.10. The first-order valence-electron chi connectivity index (χ1n) is 5.15. The molecule has 0 fully saturated rings. The van der Waals surface area contributed by atoms with Crippen molar-refractivity contribution in [3.8, 4) is 11.6 Å². The average Bonchev–Trinajstić information content (AvgIpc) is 2.95. The van der Waals surface area contributed by atoms with E-state index in [-0.39, 0.29) is 0 Å². The Bertz CT molecular complexity index is 423. The zero-order valence-corrected chi connectivity index (χ0v) is 9.27. The van der Waals surface area contributed by atoms with E-state index in [2.05, 4.69) is 37.6 Å². The highest BCUT2D eigenvalue weighted by atomic mass is 16.5. The maximum atomic E-state index is 5.11. The SMILES string of the molecule is CNC(C)CCc1nc(-c2ncn[nH]2)no1. The van der Waals surface area contributed by atoms with Gasteiger partial charge in [0.2, 0.25) is 11.7 Å². The molecule has 2 aromatic rings. The summed E-state index contributed by atoms with van der Waals surface area (Å²) in [7, 11) is 1.93. The molecule has 0 aliphatic heterocycles. The van der Waals surface area contributed by atoms with E-state index in [4.69, 9.17) is 4.52 Å². The van der Waals surface area contributed by atoms with Crippen LogP contribution in [0.4, 0.5) is 0 Å². The summed E-state index contributed by atoms with van der Waals surface area (Å²) in [5.41, 5.74) is 0. The van der Waals surface area contributed by atoms with Crippen molar-refractivity contribution in [1.29, 1.82) is 0 Å². The van der Waals surface area contributed by atoms with Crippen LogP contribution < -0.4 is 5.32 Å². The average molecular weight is 222 g/mol. The molecule has 7 nitrogen and oxygen atoms in total. The van der Waals surface area contributed by atoms with Crippen molar-refractivity contribution in [3.05, 3.63) is 12.2 Å². The van der Waals surface area contributed by atoms with Gasteiger partial charge in [-0.3, -0.25) is 5.10 Å². The van der Waals surface area contributed by atoms with Gasteiger partial charge in [0.25, 0.3) is 0 Å². The lowest BCUT2D eigenvalue weighted by Gasteiger charge is -2.06. The van der Waals surface area contributed by atoms with Crippen LogP contribution in [0.1, 0.15) is 19.2 Å². The molecule has 86 valence electrons. The van der Waals surface area contributed by atoms with Crippen molar-refractivity contribution >= 4 is 0 Å². The Morgan fingerprint density at radius 3 is 3.12 bits per heavy atom. The number of aryl methyl sites for hydroxylation is 1. The molecule has 0 amide bonds. The second kappa shape index (κ2) is 4.84.